The molecule has 1 saturated heterocycles. The summed E-state index contributed by atoms with van der Waals surface area (Å²) in [6, 6.07) is 10.2. The Kier molecular flexibility index (Phi) is 6.25. The molecule has 2 nitrogen and oxygen atoms in total. The molecule has 0 radical (unpaired) electrons. The third-order valence-corrected chi connectivity index (χ3v) is 4.77. The maximum Gasteiger partial charge on any atom is 0.0218 e. The van der Waals surface area contributed by atoms with Crippen molar-refractivity contribution in [1.82, 2.24) is 10.2 Å². The van der Waals surface area contributed by atoms with E-state index in [1.54, 1.807) is 0 Å². The van der Waals surface area contributed by atoms with Crippen LogP contribution in [0.1, 0.15) is 44.7 Å². The van der Waals surface area contributed by atoms with E-state index in [9.17, 15) is 0 Å². The molecule has 2 heteroatoms. The SMILES string of the molecule is CCC1CNC(CC(C)C)CN1CCc1ccccc1C. The van der Waals surface area contributed by atoms with Gasteiger partial charge in [-0.15, -0.1) is 0 Å². The van der Waals surface area contributed by atoms with Crippen molar-refractivity contribution in [3.63, 3.8) is 0 Å². The van der Waals surface area contributed by atoms with E-state index in [2.05, 4.69) is 62.2 Å². The molecule has 0 saturated carbocycles. The minimum atomic E-state index is 0.671. The smallest absolute Gasteiger partial charge is 0.0218 e. The molecular formula is C19H32N2. The molecule has 1 aliphatic heterocycles. The van der Waals surface area contributed by atoms with Gasteiger partial charge in [0.05, 0.1) is 0 Å². The minimum absolute atomic E-state index is 0.671. The molecule has 1 aromatic rings. The van der Waals surface area contributed by atoms with Crippen LogP contribution in [0.3, 0.4) is 0 Å². The van der Waals surface area contributed by atoms with Gasteiger partial charge in [-0.25, -0.2) is 0 Å². The summed E-state index contributed by atoms with van der Waals surface area (Å²) in [7, 11) is 0. The van der Waals surface area contributed by atoms with Crippen LogP contribution in [0.15, 0.2) is 24.3 Å². The average molecular weight is 288 g/mol. The van der Waals surface area contributed by atoms with Gasteiger partial charge in [0, 0.05) is 31.7 Å². The monoisotopic (exact) mass is 288 g/mol. The van der Waals surface area contributed by atoms with Gasteiger partial charge >= 0.3 is 0 Å². The molecule has 0 bridgehead atoms. The van der Waals surface area contributed by atoms with Gasteiger partial charge in [0.25, 0.3) is 0 Å². The highest BCUT2D eigenvalue weighted by Gasteiger charge is 2.26. The second kappa shape index (κ2) is 7.95. The summed E-state index contributed by atoms with van der Waals surface area (Å²) in [5, 5.41) is 3.75. The maximum absolute atomic E-state index is 3.75. The molecule has 2 atom stereocenters. The first kappa shape index (κ1) is 16.5. The lowest BCUT2D eigenvalue weighted by molar-refractivity contribution is 0.120. The molecule has 2 rings (SSSR count). The molecule has 0 amide bonds. The molecule has 2 unspecified atom stereocenters. The molecule has 1 N–H and O–H groups in total. The fourth-order valence-corrected chi connectivity index (χ4v) is 3.49. The maximum atomic E-state index is 3.75. The molecule has 0 spiro atoms. The van der Waals surface area contributed by atoms with Crippen LogP contribution in [-0.4, -0.2) is 36.6 Å². The Hall–Kier alpha value is -0.860. The van der Waals surface area contributed by atoms with Gasteiger partial charge in [0.2, 0.25) is 0 Å². The first-order valence-corrected chi connectivity index (χ1v) is 8.62. The Morgan fingerprint density at radius 1 is 1.29 bits per heavy atom. The molecular weight excluding hydrogens is 256 g/mol. The van der Waals surface area contributed by atoms with E-state index in [0.29, 0.717) is 12.1 Å². The molecule has 1 aromatic carbocycles. The zero-order chi connectivity index (χ0) is 15.2. The van der Waals surface area contributed by atoms with Gasteiger partial charge in [-0.1, -0.05) is 45.0 Å². The summed E-state index contributed by atoms with van der Waals surface area (Å²) >= 11 is 0. The molecule has 21 heavy (non-hydrogen) atoms. The van der Waals surface area contributed by atoms with E-state index in [-0.39, 0.29) is 0 Å². The minimum Gasteiger partial charge on any atom is -0.311 e. The van der Waals surface area contributed by atoms with Gasteiger partial charge in [-0.3, -0.25) is 4.90 Å². The van der Waals surface area contributed by atoms with Crippen LogP contribution < -0.4 is 5.32 Å². The number of hydrogen-bond donors (Lipinski definition) is 1. The number of nitrogens with one attached hydrogen (secondary N) is 1. The van der Waals surface area contributed by atoms with E-state index < -0.39 is 0 Å². The highest BCUT2D eigenvalue weighted by molar-refractivity contribution is 5.25. The third-order valence-electron chi connectivity index (χ3n) is 4.77. The van der Waals surface area contributed by atoms with Crippen molar-refractivity contribution < 1.29 is 0 Å². The largest absolute Gasteiger partial charge is 0.311 e. The van der Waals surface area contributed by atoms with Gasteiger partial charge in [0.15, 0.2) is 0 Å². The molecule has 0 aromatic heterocycles. The van der Waals surface area contributed by atoms with Gasteiger partial charge in [0.1, 0.15) is 0 Å². The van der Waals surface area contributed by atoms with E-state index in [1.165, 1.54) is 43.5 Å². The highest BCUT2D eigenvalue weighted by atomic mass is 15.2. The summed E-state index contributed by atoms with van der Waals surface area (Å²) in [5.41, 5.74) is 2.94. The number of rotatable bonds is 6. The van der Waals surface area contributed by atoms with E-state index >= 15 is 0 Å². The predicted molar refractivity (Wildman–Crippen MR) is 91.8 cm³/mol. The lowest BCUT2D eigenvalue weighted by atomic mass is 9.98. The van der Waals surface area contributed by atoms with Gasteiger partial charge < -0.3 is 5.32 Å². The Balaban J connectivity index is 1.93. The summed E-state index contributed by atoms with van der Waals surface area (Å²) in [6.07, 6.45) is 3.71. The fraction of sp³-hybridized carbons (Fsp3) is 0.684. The quantitative estimate of drug-likeness (QED) is 0.860. The first-order valence-electron chi connectivity index (χ1n) is 8.62. The molecule has 1 heterocycles. The van der Waals surface area contributed by atoms with Crippen molar-refractivity contribution in [3.05, 3.63) is 35.4 Å². The highest BCUT2D eigenvalue weighted by Crippen LogP contribution is 2.17. The lowest BCUT2D eigenvalue weighted by Gasteiger charge is -2.41. The van der Waals surface area contributed by atoms with Gasteiger partial charge in [-0.2, -0.15) is 0 Å². The van der Waals surface area contributed by atoms with E-state index in [0.717, 1.165) is 12.5 Å². The zero-order valence-corrected chi connectivity index (χ0v) is 14.2. The number of aryl methyl sites for hydroxylation is 1. The van der Waals surface area contributed by atoms with Crippen molar-refractivity contribution in [2.75, 3.05) is 19.6 Å². The van der Waals surface area contributed by atoms with Crippen LogP contribution in [0.25, 0.3) is 0 Å². The van der Waals surface area contributed by atoms with Crippen molar-refractivity contribution >= 4 is 0 Å². The average Bonchev–Trinajstić information content (AvgIpc) is 2.46. The first-order chi connectivity index (χ1) is 10.1. The summed E-state index contributed by atoms with van der Waals surface area (Å²) in [5.74, 6) is 0.777. The Labute approximate surface area is 130 Å². The fourth-order valence-electron chi connectivity index (χ4n) is 3.49. The predicted octanol–water partition coefficient (Wildman–Crippen LogP) is 3.64. The molecule has 0 aliphatic carbocycles. The third kappa shape index (κ3) is 4.82. The Morgan fingerprint density at radius 3 is 2.71 bits per heavy atom. The van der Waals surface area contributed by atoms with E-state index in [4.69, 9.17) is 0 Å². The molecule has 1 fully saturated rings. The standard InChI is InChI=1S/C19H32N2/c1-5-19-13-20-18(12-15(2)3)14-21(19)11-10-17-9-7-6-8-16(17)4/h6-9,15,18-20H,5,10-14H2,1-4H3. The number of benzene rings is 1. The van der Waals surface area contributed by atoms with Crippen LogP contribution in [0.2, 0.25) is 0 Å². The Morgan fingerprint density at radius 2 is 2.05 bits per heavy atom. The van der Waals surface area contributed by atoms with Crippen molar-refractivity contribution in [1.29, 1.82) is 0 Å². The van der Waals surface area contributed by atoms with Crippen LogP contribution in [-0.2, 0) is 6.42 Å². The van der Waals surface area contributed by atoms with Crippen LogP contribution in [0.5, 0.6) is 0 Å². The summed E-state index contributed by atoms with van der Waals surface area (Å²) < 4.78 is 0. The number of hydrogen-bond acceptors (Lipinski definition) is 2. The normalized spacial score (nSPS) is 23.7. The van der Waals surface area contributed by atoms with Crippen molar-refractivity contribution in [2.45, 2.75) is 59.0 Å². The molecule has 118 valence electrons. The lowest BCUT2D eigenvalue weighted by Crippen LogP contribution is -2.56. The van der Waals surface area contributed by atoms with Crippen molar-refractivity contribution in [3.8, 4) is 0 Å². The van der Waals surface area contributed by atoms with Crippen LogP contribution >= 0.6 is 0 Å². The number of piperazine rings is 1. The molecule has 1 aliphatic rings. The van der Waals surface area contributed by atoms with Crippen LogP contribution in [0.4, 0.5) is 0 Å². The summed E-state index contributed by atoms with van der Waals surface area (Å²) in [4.78, 5) is 2.72. The van der Waals surface area contributed by atoms with E-state index in [1.807, 2.05) is 0 Å². The second-order valence-electron chi connectivity index (χ2n) is 6.97. The van der Waals surface area contributed by atoms with Gasteiger partial charge in [-0.05, 0) is 43.2 Å². The Bertz CT molecular complexity index is 427. The second-order valence-corrected chi connectivity index (χ2v) is 6.97. The summed E-state index contributed by atoms with van der Waals surface area (Å²) in [6.45, 7) is 12.8. The van der Waals surface area contributed by atoms with Crippen LogP contribution in [0, 0.1) is 12.8 Å². The topological polar surface area (TPSA) is 15.3 Å². The van der Waals surface area contributed by atoms with Crippen molar-refractivity contribution in [2.24, 2.45) is 5.92 Å². The zero-order valence-electron chi connectivity index (χ0n) is 14.2. The number of nitrogens with zero attached hydrogens (tertiary/aromatic N) is 1.